The molecule has 2 heterocycles. The first-order valence-electron chi connectivity index (χ1n) is 10.3. The maximum absolute atomic E-state index is 13.1. The molecule has 1 aliphatic rings. The second-order valence-corrected chi connectivity index (χ2v) is 9.72. The van der Waals surface area contributed by atoms with E-state index in [1.165, 1.54) is 4.31 Å². The third-order valence-electron chi connectivity index (χ3n) is 5.81. The summed E-state index contributed by atoms with van der Waals surface area (Å²) < 4.78 is 27.7. The third kappa shape index (κ3) is 3.80. The molecule has 1 aliphatic heterocycles. The fourth-order valence-corrected chi connectivity index (χ4v) is 5.57. The molecular formula is C23H22N4O3S. The van der Waals surface area contributed by atoms with Gasteiger partial charge in [0.25, 0.3) is 0 Å². The SMILES string of the molecule is O=C(Nc1nc2ccccc2[nH]1)C1CCN(S(=O)(=O)c2ccc3ccccc3c2)CC1. The number of rotatable bonds is 4. The molecule has 0 aliphatic carbocycles. The van der Waals surface area contributed by atoms with Gasteiger partial charge in [0, 0.05) is 19.0 Å². The summed E-state index contributed by atoms with van der Waals surface area (Å²) in [6, 6.07) is 20.4. The Bertz CT molecular complexity index is 1340. The summed E-state index contributed by atoms with van der Waals surface area (Å²) in [5, 5.41) is 4.73. The van der Waals surface area contributed by atoms with Gasteiger partial charge in [0.05, 0.1) is 15.9 Å². The highest BCUT2D eigenvalue weighted by Gasteiger charge is 2.32. The molecule has 1 fully saturated rings. The van der Waals surface area contributed by atoms with Gasteiger partial charge in [0.1, 0.15) is 0 Å². The number of fused-ring (bicyclic) bond motifs is 2. The second-order valence-electron chi connectivity index (χ2n) is 7.78. The van der Waals surface area contributed by atoms with Crippen molar-refractivity contribution in [3.05, 3.63) is 66.7 Å². The van der Waals surface area contributed by atoms with Crippen LogP contribution in [0.15, 0.2) is 71.6 Å². The van der Waals surface area contributed by atoms with Crippen LogP contribution in [0.5, 0.6) is 0 Å². The molecule has 4 aromatic rings. The summed E-state index contributed by atoms with van der Waals surface area (Å²) >= 11 is 0. The zero-order valence-electron chi connectivity index (χ0n) is 16.8. The number of aromatic amines is 1. The average molecular weight is 435 g/mol. The fraction of sp³-hybridized carbons (Fsp3) is 0.217. The first-order chi connectivity index (χ1) is 15.0. The molecule has 0 atom stereocenters. The van der Waals surface area contributed by atoms with Crippen LogP contribution in [0, 0.1) is 5.92 Å². The first-order valence-corrected chi connectivity index (χ1v) is 11.7. The highest BCUT2D eigenvalue weighted by Crippen LogP contribution is 2.27. The van der Waals surface area contributed by atoms with Crippen molar-refractivity contribution >= 4 is 43.7 Å². The van der Waals surface area contributed by atoms with E-state index >= 15 is 0 Å². The van der Waals surface area contributed by atoms with E-state index in [9.17, 15) is 13.2 Å². The van der Waals surface area contributed by atoms with Crippen LogP contribution in [0.2, 0.25) is 0 Å². The van der Waals surface area contributed by atoms with Crippen molar-refractivity contribution in [3.8, 4) is 0 Å². The minimum Gasteiger partial charge on any atom is -0.324 e. The van der Waals surface area contributed by atoms with Crippen LogP contribution < -0.4 is 5.32 Å². The number of nitrogens with one attached hydrogen (secondary N) is 2. The van der Waals surface area contributed by atoms with Gasteiger partial charge in [-0.25, -0.2) is 13.4 Å². The Hall–Kier alpha value is -3.23. The number of H-pyrrole nitrogens is 1. The van der Waals surface area contributed by atoms with Gasteiger partial charge in [-0.2, -0.15) is 4.31 Å². The van der Waals surface area contributed by atoms with E-state index in [2.05, 4.69) is 15.3 Å². The van der Waals surface area contributed by atoms with Crippen LogP contribution in [0.3, 0.4) is 0 Å². The first kappa shape index (κ1) is 19.7. The Morgan fingerprint density at radius 1 is 0.968 bits per heavy atom. The Morgan fingerprint density at radius 3 is 2.45 bits per heavy atom. The number of hydrogen-bond donors (Lipinski definition) is 2. The van der Waals surface area contributed by atoms with Gasteiger partial charge in [-0.1, -0.05) is 42.5 Å². The van der Waals surface area contributed by atoms with Gasteiger partial charge in [0.15, 0.2) is 0 Å². The number of nitrogens with zero attached hydrogens (tertiary/aromatic N) is 2. The van der Waals surface area contributed by atoms with Crippen LogP contribution in [0.4, 0.5) is 5.95 Å². The van der Waals surface area contributed by atoms with E-state index in [-0.39, 0.29) is 16.7 Å². The van der Waals surface area contributed by atoms with Gasteiger partial charge in [-0.05, 0) is 47.9 Å². The van der Waals surface area contributed by atoms with Crippen LogP contribution in [-0.2, 0) is 14.8 Å². The lowest BCUT2D eigenvalue weighted by molar-refractivity contribution is -0.120. The number of carbonyl (C=O) groups is 1. The standard InChI is InChI=1S/C23H22N4O3S/c28-22(26-23-24-20-7-3-4-8-21(20)25-23)17-11-13-27(14-12-17)31(29,30)19-10-9-16-5-1-2-6-18(16)15-19/h1-10,15,17H,11-14H2,(H2,24,25,26,28). The zero-order valence-corrected chi connectivity index (χ0v) is 17.6. The van der Waals surface area contributed by atoms with Crippen molar-refractivity contribution in [3.63, 3.8) is 0 Å². The summed E-state index contributed by atoms with van der Waals surface area (Å²) in [6.07, 6.45) is 0.942. The fourth-order valence-electron chi connectivity index (χ4n) is 4.07. The molecule has 1 amide bonds. The Kier molecular flexibility index (Phi) is 4.95. The predicted octanol–water partition coefficient (Wildman–Crippen LogP) is 3.76. The van der Waals surface area contributed by atoms with E-state index in [1.54, 1.807) is 12.1 Å². The molecule has 0 unspecified atom stereocenters. The van der Waals surface area contributed by atoms with E-state index in [0.717, 1.165) is 21.8 Å². The number of piperidine rings is 1. The van der Waals surface area contributed by atoms with Crippen molar-refractivity contribution in [1.82, 2.24) is 14.3 Å². The molecular weight excluding hydrogens is 412 g/mol. The molecule has 1 aromatic heterocycles. The molecule has 2 N–H and O–H groups in total. The zero-order chi connectivity index (χ0) is 21.4. The van der Waals surface area contributed by atoms with Crippen molar-refractivity contribution < 1.29 is 13.2 Å². The molecule has 1 saturated heterocycles. The normalized spacial score (nSPS) is 16.0. The maximum atomic E-state index is 13.1. The number of hydrogen-bond acceptors (Lipinski definition) is 4. The third-order valence-corrected chi connectivity index (χ3v) is 7.71. The molecule has 158 valence electrons. The number of aromatic nitrogens is 2. The Balaban J connectivity index is 1.26. The maximum Gasteiger partial charge on any atom is 0.243 e. The molecule has 0 radical (unpaired) electrons. The molecule has 0 spiro atoms. The van der Waals surface area contributed by atoms with Crippen LogP contribution in [0.25, 0.3) is 21.8 Å². The highest BCUT2D eigenvalue weighted by molar-refractivity contribution is 7.89. The van der Waals surface area contributed by atoms with Gasteiger partial charge < -0.3 is 4.98 Å². The Morgan fingerprint density at radius 2 is 1.68 bits per heavy atom. The highest BCUT2D eigenvalue weighted by atomic mass is 32.2. The molecule has 0 bridgehead atoms. The van der Waals surface area contributed by atoms with Crippen molar-refractivity contribution in [2.75, 3.05) is 18.4 Å². The number of para-hydroxylation sites is 2. The second kappa shape index (κ2) is 7.79. The van der Waals surface area contributed by atoms with Gasteiger partial charge in [-0.3, -0.25) is 10.1 Å². The van der Waals surface area contributed by atoms with E-state index < -0.39 is 10.0 Å². The Labute approximate surface area is 180 Å². The predicted molar refractivity (Wildman–Crippen MR) is 120 cm³/mol. The number of sulfonamides is 1. The number of amides is 1. The minimum absolute atomic E-state index is 0.137. The van der Waals surface area contributed by atoms with Crippen molar-refractivity contribution in [2.24, 2.45) is 5.92 Å². The smallest absolute Gasteiger partial charge is 0.243 e. The monoisotopic (exact) mass is 434 g/mol. The van der Waals surface area contributed by atoms with Crippen molar-refractivity contribution in [1.29, 1.82) is 0 Å². The van der Waals surface area contributed by atoms with Crippen molar-refractivity contribution in [2.45, 2.75) is 17.7 Å². The molecule has 5 rings (SSSR count). The summed E-state index contributed by atoms with van der Waals surface area (Å²) in [6.45, 7) is 0.626. The topological polar surface area (TPSA) is 95.2 Å². The molecule has 8 heteroatoms. The van der Waals surface area contributed by atoms with Gasteiger partial charge in [0.2, 0.25) is 21.9 Å². The summed E-state index contributed by atoms with van der Waals surface area (Å²) in [5.41, 5.74) is 1.64. The van der Waals surface area contributed by atoms with Gasteiger partial charge >= 0.3 is 0 Å². The van der Waals surface area contributed by atoms with Crippen LogP contribution >= 0.6 is 0 Å². The largest absolute Gasteiger partial charge is 0.324 e. The summed E-state index contributed by atoms with van der Waals surface area (Å²) in [4.78, 5) is 20.4. The average Bonchev–Trinajstić information content (AvgIpc) is 3.21. The molecule has 0 saturated carbocycles. The molecule has 31 heavy (non-hydrogen) atoms. The number of imidazole rings is 1. The summed E-state index contributed by atoms with van der Waals surface area (Å²) in [7, 11) is -3.60. The summed E-state index contributed by atoms with van der Waals surface area (Å²) in [5.74, 6) is 0.0236. The lowest BCUT2D eigenvalue weighted by atomic mass is 9.97. The van der Waals surface area contributed by atoms with E-state index in [1.807, 2.05) is 54.6 Å². The lowest BCUT2D eigenvalue weighted by Gasteiger charge is -2.30. The minimum atomic E-state index is -3.60. The van der Waals surface area contributed by atoms with Crippen LogP contribution in [0.1, 0.15) is 12.8 Å². The van der Waals surface area contributed by atoms with Gasteiger partial charge in [-0.15, -0.1) is 0 Å². The molecule has 7 nitrogen and oxygen atoms in total. The van der Waals surface area contributed by atoms with E-state index in [0.29, 0.717) is 31.9 Å². The van der Waals surface area contributed by atoms with E-state index in [4.69, 9.17) is 0 Å². The molecule has 3 aromatic carbocycles. The number of benzene rings is 3. The quantitative estimate of drug-likeness (QED) is 0.511. The lowest BCUT2D eigenvalue weighted by Crippen LogP contribution is -2.41. The number of anilines is 1. The van der Waals surface area contributed by atoms with Crippen LogP contribution in [-0.4, -0.2) is 41.7 Å². The number of carbonyl (C=O) groups excluding carboxylic acids is 1.